The third-order valence-corrected chi connectivity index (χ3v) is 5.13. The van der Waals surface area contributed by atoms with Crippen molar-refractivity contribution in [3.8, 4) is 0 Å². The van der Waals surface area contributed by atoms with Crippen LogP contribution in [0.3, 0.4) is 0 Å². The van der Waals surface area contributed by atoms with Gasteiger partial charge in [0.25, 0.3) is 0 Å². The Balaban J connectivity index is 1.76. The number of nitrogens with two attached hydrogens (primary N) is 1. The number of imide groups is 1. The zero-order valence-corrected chi connectivity index (χ0v) is 15.9. The smallest absolute Gasteiger partial charge is 0.324 e. The second-order valence-electron chi connectivity index (χ2n) is 7.09. The van der Waals surface area contributed by atoms with Crippen molar-refractivity contribution in [1.29, 1.82) is 0 Å². The lowest BCUT2D eigenvalue weighted by Crippen LogP contribution is -2.61. The van der Waals surface area contributed by atoms with Crippen LogP contribution in [0.25, 0.3) is 0 Å². The Morgan fingerprint density at radius 3 is 2.76 bits per heavy atom. The minimum absolute atomic E-state index is 0.0983. The molecule has 0 aliphatic carbocycles. The molecule has 6 amide bonds. The zero-order valence-electron chi connectivity index (χ0n) is 15.9. The van der Waals surface area contributed by atoms with Gasteiger partial charge in [-0.3, -0.25) is 24.1 Å². The quantitative estimate of drug-likeness (QED) is 0.420. The maximum atomic E-state index is 13.1. The van der Waals surface area contributed by atoms with Crippen LogP contribution >= 0.6 is 0 Å². The Hall–Kier alpha value is -3.44. The Morgan fingerprint density at radius 2 is 2.14 bits per heavy atom. The maximum absolute atomic E-state index is 13.1. The number of H-pyrrole nitrogens is 1. The summed E-state index contributed by atoms with van der Waals surface area (Å²) in [5, 5.41) is 5.03. The maximum Gasteiger partial charge on any atom is 0.324 e. The first-order valence-electron chi connectivity index (χ1n) is 9.22. The number of aromatic amines is 1. The first kappa shape index (κ1) is 20.3. The highest BCUT2D eigenvalue weighted by Crippen LogP contribution is 2.19. The molecule has 12 heteroatoms. The van der Waals surface area contributed by atoms with E-state index in [1.165, 1.54) is 24.5 Å². The lowest BCUT2D eigenvalue weighted by atomic mass is 10.1. The summed E-state index contributed by atoms with van der Waals surface area (Å²) in [5.41, 5.74) is 6.00. The van der Waals surface area contributed by atoms with Crippen LogP contribution in [0, 0.1) is 0 Å². The molecule has 1 unspecified atom stereocenters. The molecule has 0 spiro atoms. The number of carbonyl (C=O) groups excluding carboxylic acids is 5. The van der Waals surface area contributed by atoms with Crippen LogP contribution in [0.1, 0.15) is 25.0 Å². The molecule has 2 fully saturated rings. The van der Waals surface area contributed by atoms with Crippen molar-refractivity contribution in [2.75, 3.05) is 13.6 Å². The van der Waals surface area contributed by atoms with E-state index in [1.54, 1.807) is 0 Å². The number of urea groups is 1. The molecule has 3 heterocycles. The zero-order chi connectivity index (χ0) is 21.1. The number of imidazole rings is 1. The van der Waals surface area contributed by atoms with Crippen LogP contribution in [0.5, 0.6) is 0 Å². The van der Waals surface area contributed by atoms with Crippen LogP contribution in [0.15, 0.2) is 12.5 Å². The Labute approximate surface area is 166 Å². The SMILES string of the molecule is CN1C(=O)CC(C(=O)N[C@@H](Cc2cnc[nH]2)C(=O)N2CCC[C@H]2C(N)=O)NC1=O. The highest BCUT2D eigenvalue weighted by Gasteiger charge is 2.39. The van der Waals surface area contributed by atoms with Gasteiger partial charge in [-0.1, -0.05) is 0 Å². The number of hydrogen-bond donors (Lipinski definition) is 4. The molecule has 0 bridgehead atoms. The minimum Gasteiger partial charge on any atom is -0.368 e. The van der Waals surface area contributed by atoms with Crippen LogP contribution < -0.4 is 16.4 Å². The van der Waals surface area contributed by atoms with E-state index in [9.17, 15) is 24.0 Å². The molecule has 29 heavy (non-hydrogen) atoms. The van der Waals surface area contributed by atoms with Crippen molar-refractivity contribution in [2.24, 2.45) is 5.73 Å². The van der Waals surface area contributed by atoms with Crippen LogP contribution in [0.4, 0.5) is 4.79 Å². The fraction of sp³-hybridized carbons (Fsp3) is 0.529. The lowest BCUT2D eigenvalue weighted by molar-refractivity contribution is -0.141. The topological polar surface area (TPSA) is 171 Å². The molecule has 1 aromatic rings. The number of aromatic nitrogens is 2. The van der Waals surface area contributed by atoms with Crippen molar-refractivity contribution >= 4 is 29.7 Å². The molecule has 0 radical (unpaired) electrons. The van der Waals surface area contributed by atoms with Gasteiger partial charge in [0, 0.05) is 31.9 Å². The molecule has 0 aromatic carbocycles. The number of primary amides is 1. The van der Waals surface area contributed by atoms with Crippen LogP contribution in [0.2, 0.25) is 0 Å². The van der Waals surface area contributed by atoms with Gasteiger partial charge in [-0.25, -0.2) is 9.78 Å². The molecular formula is C17H23N7O5. The Kier molecular flexibility index (Phi) is 5.80. The molecule has 2 saturated heterocycles. The van der Waals surface area contributed by atoms with Crippen LogP contribution in [-0.4, -0.2) is 81.1 Å². The summed E-state index contributed by atoms with van der Waals surface area (Å²) in [6.07, 6.45) is 3.93. The van der Waals surface area contributed by atoms with Crippen molar-refractivity contribution in [2.45, 2.75) is 43.8 Å². The summed E-state index contributed by atoms with van der Waals surface area (Å²) in [5.74, 6) is -2.22. The van der Waals surface area contributed by atoms with Gasteiger partial charge in [0.15, 0.2) is 0 Å². The second-order valence-corrected chi connectivity index (χ2v) is 7.09. The van der Waals surface area contributed by atoms with E-state index in [0.717, 1.165) is 4.90 Å². The minimum atomic E-state index is -1.09. The van der Waals surface area contributed by atoms with Crippen molar-refractivity contribution in [3.63, 3.8) is 0 Å². The van der Waals surface area contributed by atoms with E-state index in [-0.39, 0.29) is 12.8 Å². The van der Waals surface area contributed by atoms with Gasteiger partial charge in [-0.15, -0.1) is 0 Å². The van der Waals surface area contributed by atoms with Gasteiger partial charge in [-0.2, -0.15) is 0 Å². The van der Waals surface area contributed by atoms with E-state index >= 15 is 0 Å². The predicted octanol–water partition coefficient (Wildman–Crippen LogP) is -2.15. The average molecular weight is 405 g/mol. The molecule has 3 atom stereocenters. The van der Waals surface area contributed by atoms with Gasteiger partial charge >= 0.3 is 6.03 Å². The lowest BCUT2D eigenvalue weighted by Gasteiger charge is -2.31. The first-order valence-corrected chi connectivity index (χ1v) is 9.22. The number of nitrogens with zero attached hydrogens (tertiary/aromatic N) is 3. The fourth-order valence-electron chi connectivity index (χ4n) is 3.50. The van der Waals surface area contributed by atoms with Crippen molar-refractivity contribution in [1.82, 2.24) is 30.4 Å². The normalized spacial score (nSPS) is 22.9. The standard InChI is InChI=1S/C17H23N7O5/c1-23-13(25)6-10(22-17(23)29)15(27)21-11(5-9-7-19-8-20-9)16(28)24-4-2-3-12(24)14(18)26/h7-8,10-12H,2-6H2,1H3,(H2,18,26)(H,19,20)(H,21,27)(H,22,29)/t10?,11-,12-/m0/s1. The summed E-state index contributed by atoms with van der Waals surface area (Å²) < 4.78 is 0. The largest absolute Gasteiger partial charge is 0.368 e. The number of likely N-dealkylation sites (tertiary alicyclic amines) is 1. The summed E-state index contributed by atoms with van der Waals surface area (Å²) >= 11 is 0. The highest BCUT2D eigenvalue weighted by molar-refractivity contribution is 6.03. The molecule has 2 aliphatic rings. The number of hydrogen-bond acceptors (Lipinski definition) is 6. The summed E-state index contributed by atoms with van der Waals surface area (Å²) in [7, 11) is 1.31. The molecule has 0 saturated carbocycles. The second kappa shape index (κ2) is 8.29. The molecule has 5 N–H and O–H groups in total. The van der Waals surface area contributed by atoms with Gasteiger partial charge in [-0.05, 0) is 12.8 Å². The van der Waals surface area contributed by atoms with E-state index in [1.807, 2.05) is 0 Å². The van der Waals surface area contributed by atoms with Gasteiger partial charge in [0.1, 0.15) is 18.1 Å². The van der Waals surface area contributed by atoms with E-state index in [4.69, 9.17) is 5.73 Å². The number of amides is 6. The summed E-state index contributed by atoms with van der Waals surface area (Å²) in [4.78, 5) is 70.1. The third kappa shape index (κ3) is 4.36. The van der Waals surface area contributed by atoms with Gasteiger partial charge in [0.05, 0.1) is 12.7 Å². The Bertz CT molecular complexity index is 806. The number of rotatable bonds is 6. The summed E-state index contributed by atoms with van der Waals surface area (Å²) in [6.45, 7) is 0.352. The van der Waals surface area contributed by atoms with Crippen LogP contribution in [-0.2, 0) is 25.6 Å². The summed E-state index contributed by atoms with van der Waals surface area (Å²) in [6, 6.07) is -3.53. The van der Waals surface area contributed by atoms with Gasteiger partial charge < -0.3 is 26.3 Å². The number of carbonyl (C=O) groups is 5. The average Bonchev–Trinajstić information content (AvgIpc) is 3.36. The van der Waals surface area contributed by atoms with E-state index in [2.05, 4.69) is 20.6 Å². The predicted molar refractivity (Wildman–Crippen MR) is 97.9 cm³/mol. The van der Waals surface area contributed by atoms with E-state index < -0.39 is 47.8 Å². The third-order valence-electron chi connectivity index (χ3n) is 5.13. The fourth-order valence-corrected chi connectivity index (χ4v) is 3.50. The van der Waals surface area contributed by atoms with Gasteiger partial charge in [0.2, 0.25) is 23.6 Å². The highest BCUT2D eigenvalue weighted by atomic mass is 16.2. The molecule has 1 aromatic heterocycles. The first-order chi connectivity index (χ1) is 13.8. The molecular weight excluding hydrogens is 382 g/mol. The monoisotopic (exact) mass is 405 g/mol. The Morgan fingerprint density at radius 1 is 1.38 bits per heavy atom. The molecule has 2 aliphatic heterocycles. The van der Waals surface area contributed by atoms with Crippen molar-refractivity contribution < 1.29 is 24.0 Å². The molecule has 12 nitrogen and oxygen atoms in total. The molecule has 3 rings (SSSR count). The molecule has 156 valence electrons. The number of nitrogens with one attached hydrogen (secondary N) is 3. The van der Waals surface area contributed by atoms with E-state index in [0.29, 0.717) is 25.1 Å². The van der Waals surface area contributed by atoms with Crippen molar-refractivity contribution in [3.05, 3.63) is 18.2 Å².